The summed E-state index contributed by atoms with van der Waals surface area (Å²) in [6.07, 6.45) is -0.0273. The minimum Gasteiger partial charge on any atom is -0.377 e. The number of nitro groups is 1. The molecule has 0 fully saturated rings. The van der Waals surface area contributed by atoms with Crippen molar-refractivity contribution >= 4 is 11.6 Å². The van der Waals surface area contributed by atoms with Crippen LogP contribution in [0.25, 0.3) is 0 Å². The molecule has 6 nitrogen and oxygen atoms in total. The van der Waals surface area contributed by atoms with E-state index in [0.717, 1.165) is 4.90 Å². The van der Waals surface area contributed by atoms with E-state index in [-0.39, 0.29) is 19.3 Å². The molecule has 1 aromatic rings. The molecule has 0 aliphatic heterocycles. The quantitative estimate of drug-likeness (QED) is 0.597. The number of rotatable bonds is 6. The maximum atomic E-state index is 13.9. The Labute approximate surface area is 120 Å². The third-order valence-corrected chi connectivity index (χ3v) is 2.67. The molecule has 0 aliphatic rings. The Balaban J connectivity index is 2.94. The van der Waals surface area contributed by atoms with Crippen molar-refractivity contribution in [1.82, 2.24) is 4.90 Å². The van der Waals surface area contributed by atoms with Gasteiger partial charge in [-0.25, -0.2) is 4.39 Å². The Morgan fingerprint density at radius 2 is 2.05 bits per heavy atom. The van der Waals surface area contributed by atoms with Crippen LogP contribution in [0.2, 0.25) is 0 Å². The highest BCUT2D eigenvalue weighted by molar-refractivity contribution is 5.95. The summed E-state index contributed by atoms with van der Waals surface area (Å²) in [6.45, 7) is 4.01. The van der Waals surface area contributed by atoms with Gasteiger partial charge in [-0.2, -0.15) is 4.39 Å². The third-order valence-electron chi connectivity index (χ3n) is 2.67. The molecule has 0 bridgehead atoms. The molecule has 0 saturated heterocycles. The lowest BCUT2D eigenvalue weighted by Gasteiger charge is -2.18. The molecule has 0 spiro atoms. The second-order valence-electron chi connectivity index (χ2n) is 4.69. The van der Waals surface area contributed by atoms with Gasteiger partial charge in [-0.15, -0.1) is 0 Å². The molecular formula is C13H16F2N2O4. The number of hydrogen-bond donors (Lipinski definition) is 0. The van der Waals surface area contributed by atoms with Crippen LogP contribution in [-0.4, -0.2) is 42.0 Å². The molecule has 116 valence electrons. The van der Waals surface area contributed by atoms with Crippen molar-refractivity contribution in [3.8, 4) is 0 Å². The van der Waals surface area contributed by atoms with E-state index in [1.54, 1.807) is 0 Å². The Morgan fingerprint density at radius 3 is 2.57 bits per heavy atom. The fourth-order valence-electron chi connectivity index (χ4n) is 1.60. The zero-order chi connectivity index (χ0) is 16.2. The van der Waals surface area contributed by atoms with Crippen molar-refractivity contribution in [2.24, 2.45) is 0 Å². The van der Waals surface area contributed by atoms with Gasteiger partial charge in [-0.05, 0) is 19.9 Å². The molecule has 1 aromatic carbocycles. The van der Waals surface area contributed by atoms with Gasteiger partial charge in [0, 0.05) is 13.6 Å². The molecule has 0 aliphatic carbocycles. The van der Waals surface area contributed by atoms with Crippen molar-refractivity contribution in [2.45, 2.75) is 20.0 Å². The number of benzene rings is 1. The van der Waals surface area contributed by atoms with Crippen LogP contribution < -0.4 is 0 Å². The van der Waals surface area contributed by atoms with Gasteiger partial charge in [0.1, 0.15) is 5.82 Å². The molecule has 0 atom stereocenters. The van der Waals surface area contributed by atoms with Crippen molar-refractivity contribution in [3.63, 3.8) is 0 Å². The van der Waals surface area contributed by atoms with Gasteiger partial charge in [0.15, 0.2) is 0 Å². The number of carbonyl (C=O) groups excluding carboxylic acids is 1. The second kappa shape index (κ2) is 7.07. The first kappa shape index (κ1) is 17.0. The molecule has 0 aromatic heterocycles. The van der Waals surface area contributed by atoms with Crippen LogP contribution in [0, 0.1) is 21.7 Å². The Morgan fingerprint density at radius 1 is 1.43 bits per heavy atom. The SMILES string of the molecule is CC(C)OCCN(C)C(=O)c1cc(F)cc([N+](=O)[O-])c1F. The van der Waals surface area contributed by atoms with Crippen LogP contribution in [-0.2, 0) is 4.74 Å². The first-order valence-electron chi connectivity index (χ1n) is 6.24. The average molecular weight is 302 g/mol. The van der Waals surface area contributed by atoms with E-state index in [1.165, 1.54) is 7.05 Å². The predicted octanol–water partition coefficient (Wildman–Crippen LogP) is 2.37. The number of ether oxygens (including phenoxy) is 1. The summed E-state index contributed by atoms with van der Waals surface area (Å²) in [4.78, 5) is 22.7. The van der Waals surface area contributed by atoms with Gasteiger partial charge in [0.05, 0.1) is 29.3 Å². The number of amides is 1. The number of nitrogens with zero attached hydrogens (tertiary/aromatic N) is 2. The largest absolute Gasteiger partial charge is 0.377 e. The standard InChI is InChI=1S/C13H16F2N2O4/c1-8(2)21-5-4-16(3)13(18)10-6-9(14)7-11(12(10)15)17(19)20/h6-8H,4-5H2,1-3H3. The van der Waals surface area contributed by atoms with Crippen molar-refractivity contribution in [3.05, 3.63) is 39.4 Å². The summed E-state index contributed by atoms with van der Waals surface area (Å²) >= 11 is 0. The Bertz CT molecular complexity index is 549. The Hall–Kier alpha value is -2.09. The van der Waals surface area contributed by atoms with Crippen LogP contribution in [0.15, 0.2) is 12.1 Å². The second-order valence-corrected chi connectivity index (χ2v) is 4.69. The van der Waals surface area contributed by atoms with Crippen LogP contribution in [0.4, 0.5) is 14.5 Å². The number of halogens is 2. The van der Waals surface area contributed by atoms with Crippen LogP contribution in [0.1, 0.15) is 24.2 Å². The first-order valence-corrected chi connectivity index (χ1v) is 6.24. The van der Waals surface area contributed by atoms with Crippen LogP contribution in [0.3, 0.4) is 0 Å². The molecule has 1 amide bonds. The minimum atomic E-state index is -1.34. The van der Waals surface area contributed by atoms with Gasteiger partial charge in [0.25, 0.3) is 5.91 Å². The fraction of sp³-hybridized carbons (Fsp3) is 0.462. The average Bonchev–Trinajstić information content (AvgIpc) is 2.39. The van der Waals surface area contributed by atoms with E-state index in [1.807, 2.05) is 13.8 Å². The van der Waals surface area contributed by atoms with Gasteiger partial charge < -0.3 is 9.64 Å². The Kier molecular flexibility index (Phi) is 5.71. The zero-order valence-electron chi connectivity index (χ0n) is 11.9. The van der Waals surface area contributed by atoms with Crippen LogP contribution in [0.5, 0.6) is 0 Å². The lowest BCUT2D eigenvalue weighted by molar-refractivity contribution is -0.387. The van der Waals surface area contributed by atoms with E-state index in [4.69, 9.17) is 4.74 Å². The third kappa shape index (κ3) is 4.45. The van der Waals surface area contributed by atoms with E-state index < -0.39 is 33.7 Å². The first-order chi connectivity index (χ1) is 9.73. The van der Waals surface area contributed by atoms with Crippen molar-refractivity contribution < 1.29 is 23.2 Å². The van der Waals surface area contributed by atoms with E-state index in [9.17, 15) is 23.7 Å². The number of carbonyl (C=O) groups is 1. The van der Waals surface area contributed by atoms with E-state index >= 15 is 0 Å². The van der Waals surface area contributed by atoms with Crippen molar-refractivity contribution in [1.29, 1.82) is 0 Å². The van der Waals surface area contributed by atoms with Gasteiger partial charge >= 0.3 is 5.69 Å². The molecule has 1 rings (SSSR count). The van der Waals surface area contributed by atoms with E-state index in [2.05, 4.69) is 0 Å². The fourth-order valence-corrected chi connectivity index (χ4v) is 1.60. The van der Waals surface area contributed by atoms with E-state index in [0.29, 0.717) is 12.1 Å². The summed E-state index contributed by atoms with van der Waals surface area (Å²) in [5.41, 5.74) is -1.74. The summed E-state index contributed by atoms with van der Waals surface area (Å²) in [6, 6.07) is 1.08. The smallest absolute Gasteiger partial charge is 0.308 e. The highest BCUT2D eigenvalue weighted by Crippen LogP contribution is 2.23. The topological polar surface area (TPSA) is 72.7 Å². The summed E-state index contributed by atoms with van der Waals surface area (Å²) in [5.74, 6) is -3.23. The minimum absolute atomic E-state index is 0.0273. The highest BCUT2D eigenvalue weighted by Gasteiger charge is 2.25. The molecule has 0 unspecified atom stereocenters. The summed E-state index contributed by atoms with van der Waals surface area (Å²) in [7, 11) is 1.38. The molecule has 0 radical (unpaired) electrons. The summed E-state index contributed by atoms with van der Waals surface area (Å²) < 4.78 is 32.4. The number of hydrogen-bond acceptors (Lipinski definition) is 4. The number of likely N-dealkylation sites (N-methyl/N-ethyl adjacent to an activating group) is 1. The molecule has 0 saturated carbocycles. The summed E-state index contributed by atoms with van der Waals surface area (Å²) in [5, 5.41) is 10.6. The van der Waals surface area contributed by atoms with Crippen molar-refractivity contribution in [2.75, 3.05) is 20.2 Å². The van der Waals surface area contributed by atoms with Gasteiger partial charge in [-0.1, -0.05) is 0 Å². The zero-order valence-corrected chi connectivity index (χ0v) is 11.9. The maximum Gasteiger partial charge on any atom is 0.308 e. The number of nitro benzene ring substituents is 1. The predicted molar refractivity (Wildman–Crippen MR) is 71.1 cm³/mol. The lowest BCUT2D eigenvalue weighted by Crippen LogP contribution is -2.31. The molecule has 0 N–H and O–H groups in total. The molecular weight excluding hydrogens is 286 g/mol. The lowest BCUT2D eigenvalue weighted by atomic mass is 10.1. The molecule has 8 heteroatoms. The maximum absolute atomic E-state index is 13.9. The normalized spacial score (nSPS) is 10.8. The highest BCUT2D eigenvalue weighted by atomic mass is 19.1. The molecule has 0 heterocycles. The van der Waals surface area contributed by atoms with Crippen LogP contribution >= 0.6 is 0 Å². The monoisotopic (exact) mass is 302 g/mol. The van der Waals surface area contributed by atoms with Gasteiger partial charge in [0.2, 0.25) is 5.82 Å². The molecule has 21 heavy (non-hydrogen) atoms. The van der Waals surface area contributed by atoms with Gasteiger partial charge in [-0.3, -0.25) is 14.9 Å².